The third-order valence-corrected chi connectivity index (χ3v) is 11.5. The average molecular weight is 758 g/mol. The van der Waals surface area contributed by atoms with E-state index in [0.29, 0.717) is 50.4 Å². The van der Waals surface area contributed by atoms with Crippen molar-refractivity contribution in [1.82, 2.24) is 9.13 Å². The number of benzene rings is 8. The van der Waals surface area contributed by atoms with Gasteiger partial charge >= 0.3 is 6.18 Å². The standard InChI is InChI=1S/C50H26F3N3O2/c51-50(52,53)30-11-9-10-29(26-30)45-39(55-37-16-5-1-12-31(37)33-20-22-43-46(48(33)55)35-14-3-7-18-41(35)57-43)24-28(27-54)25-40(45)56-38-17-6-2-13-32(38)34-21-23-44-47(49(34)56)36-15-4-8-19-42(36)58-44/h1-26H. The number of halogens is 3. The molecule has 0 saturated heterocycles. The van der Waals surface area contributed by atoms with Gasteiger partial charge in [0, 0.05) is 37.9 Å². The lowest BCUT2D eigenvalue weighted by atomic mass is 9.96. The zero-order chi connectivity index (χ0) is 38.9. The van der Waals surface area contributed by atoms with E-state index in [2.05, 4.69) is 27.3 Å². The lowest BCUT2D eigenvalue weighted by molar-refractivity contribution is -0.137. The first-order chi connectivity index (χ1) is 28.4. The number of rotatable bonds is 3. The summed E-state index contributed by atoms with van der Waals surface area (Å²) in [6.45, 7) is 0. The van der Waals surface area contributed by atoms with Gasteiger partial charge in [-0.25, -0.2) is 0 Å². The molecule has 4 aromatic heterocycles. The van der Waals surface area contributed by atoms with Crippen LogP contribution in [0.2, 0.25) is 0 Å². The van der Waals surface area contributed by atoms with Crippen molar-refractivity contribution in [2.75, 3.05) is 0 Å². The second-order valence-electron chi connectivity index (χ2n) is 14.7. The molecule has 12 rings (SSSR count). The van der Waals surface area contributed by atoms with E-state index in [1.54, 1.807) is 18.2 Å². The van der Waals surface area contributed by atoms with Crippen LogP contribution in [0.5, 0.6) is 0 Å². The third-order valence-electron chi connectivity index (χ3n) is 11.5. The lowest BCUT2D eigenvalue weighted by Gasteiger charge is -2.22. The minimum Gasteiger partial charge on any atom is -0.456 e. The molecule has 0 atom stereocenters. The molecule has 8 heteroatoms. The van der Waals surface area contributed by atoms with Crippen molar-refractivity contribution in [2.24, 2.45) is 0 Å². The van der Waals surface area contributed by atoms with E-state index >= 15 is 0 Å². The van der Waals surface area contributed by atoms with Gasteiger partial charge in [-0.05, 0) is 78.4 Å². The summed E-state index contributed by atoms with van der Waals surface area (Å²) in [5.74, 6) is 0. The van der Waals surface area contributed by atoms with E-state index in [0.717, 1.165) is 71.2 Å². The van der Waals surface area contributed by atoms with Crippen LogP contribution < -0.4 is 0 Å². The maximum atomic E-state index is 14.7. The molecule has 0 bridgehead atoms. The molecule has 0 fully saturated rings. The highest BCUT2D eigenvalue weighted by atomic mass is 19.4. The van der Waals surface area contributed by atoms with Crippen molar-refractivity contribution in [3.63, 3.8) is 0 Å². The molecule has 8 aromatic carbocycles. The predicted octanol–water partition coefficient (Wildman–Crippen LogP) is 14.2. The van der Waals surface area contributed by atoms with E-state index in [4.69, 9.17) is 8.83 Å². The molecule has 274 valence electrons. The largest absolute Gasteiger partial charge is 0.456 e. The highest BCUT2D eigenvalue weighted by Gasteiger charge is 2.32. The Hall–Kier alpha value is -7.76. The molecule has 0 aliphatic rings. The molecule has 0 aliphatic heterocycles. The fourth-order valence-electron chi connectivity index (χ4n) is 9.21. The fraction of sp³-hybridized carbons (Fsp3) is 0.0200. The van der Waals surface area contributed by atoms with Gasteiger partial charge in [0.2, 0.25) is 0 Å². The van der Waals surface area contributed by atoms with Crippen LogP contribution in [-0.2, 0) is 6.18 Å². The smallest absolute Gasteiger partial charge is 0.416 e. The molecule has 58 heavy (non-hydrogen) atoms. The summed E-state index contributed by atoms with van der Waals surface area (Å²) in [4.78, 5) is 0. The number of hydrogen-bond donors (Lipinski definition) is 0. The van der Waals surface area contributed by atoms with Gasteiger partial charge < -0.3 is 18.0 Å². The average Bonchev–Trinajstić information content (AvgIpc) is 4.00. The molecular formula is C50H26F3N3O2. The highest BCUT2D eigenvalue weighted by Crippen LogP contribution is 2.48. The van der Waals surface area contributed by atoms with Crippen molar-refractivity contribution in [3.8, 4) is 28.6 Å². The molecule has 0 aliphatic carbocycles. The number of para-hydroxylation sites is 4. The first kappa shape index (κ1) is 32.5. The van der Waals surface area contributed by atoms with E-state index in [9.17, 15) is 18.4 Å². The van der Waals surface area contributed by atoms with Crippen molar-refractivity contribution in [1.29, 1.82) is 5.26 Å². The zero-order valence-corrected chi connectivity index (χ0v) is 30.3. The van der Waals surface area contributed by atoms with E-state index in [1.807, 2.05) is 109 Å². The van der Waals surface area contributed by atoms with Crippen LogP contribution >= 0.6 is 0 Å². The minimum absolute atomic E-state index is 0.339. The Bertz CT molecular complexity index is 3550. The molecule has 0 N–H and O–H groups in total. The van der Waals surface area contributed by atoms with Crippen molar-refractivity contribution >= 4 is 87.5 Å². The molecule has 4 heterocycles. The zero-order valence-electron chi connectivity index (χ0n) is 30.3. The van der Waals surface area contributed by atoms with Crippen molar-refractivity contribution in [2.45, 2.75) is 6.18 Å². The molecule has 0 radical (unpaired) electrons. The molecule has 0 spiro atoms. The Morgan fingerprint density at radius 2 is 0.948 bits per heavy atom. The summed E-state index contributed by atoms with van der Waals surface area (Å²) in [6, 6.07) is 51.2. The van der Waals surface area contributed by atoms with Gasteiger partial charge in [-0.3, -0.25) is 0 Å². The summed E-state index contributed by atoms with van der Waals surface area (Å²) in [5.41, 5.74) is 7.60. The van der Waals surface area contributed by atoms with Crippen LogP contribution in [-0.4, -0.2) is 9.13 Å². The summed E-state index contributed by atoms with van der Waals surface area (Å²) < 4.78 is 61.1. The topological polar surface area (TPSA) is 59.9 Å². The summed E-state index contributed by atoms with van der Waals surface area (Å²) in [5, 5.41) is 18.2. The van der Waals surface area contributed by atoms with Crippen LogP contribution in [0.15, 0.2) is 167 Å². The van der Waals surface area contributed by atoms with Gasteiger partial charge in [-0.2, -0.15) is 18.4 Å². The molecule has 0 saturated carbocycles. The molecule has 12 aromatic rings. The van der Waals surface area contributed by atoms with Gasteiger partial charge in [0.05, 0.1) is 61.4 Å². The SMILES string of the molecule is N#Cc1cc(-n2c3ccccc3c3ccc4oc5ccccc5c4c32)c(-c2cccc(C(F)(F)F)c2)c(-n2c3ccccc3c3ccc4oc5ccccc5c4c32)c1. The van der Waals surface area contributed by atoms with E-state index in [1.165, 1.54) is 12.1 Å². The Balaban J connectivity index is 1.34. The first-order valence-corrected chi connectivity index (χ1v) is 18.8. The second kappa shape index (κ2) is 11.6. The number of hydrogen-bond acceptors (Lipinski definition) is 3. The van der Waals surface area contributed by atoms with Gasteiger partial charge in [-0.15, -0.1) is 0 Å². The number of alkyl halides is 3. The van der Waals surface area contributed by atoms with Gasteiger partial charge in [0.15, 0.2) is 0 Å². The highest BCUT2D eigenvalue weighted by molar-refractivity contribution is 6.26. The maximum absolute atomic E-state index is 14.7. The summed E-state index contributed by atoms with van der Waals surface area (Å²) in [7, 11) is 0. The number of nitriles is 1. The second-order valence-corrected chi connectivity index (χ2v) is 14.7. The molecule has 0 unspecified atom stereocenters. The molecular weight excluding hydrogens is 732 g/mol. The fourth-order valence-corrected chi connectivity index (χ4v) is 9.21. The van der Waals surface area contributed by atoms with E-state index < -0.39 is 11.7 Å². The van der Waals surface area contributed by atoms with Gasteiger partial charge in [0.1, 0.15) is 22.3 Å². The summed E-state index contributed by atoms with van der Waals surface area (Å²) in [6.07, 6.45) is -4.60. The number of fused-ring (bicyclic) bond motifs is 14. The molecule has 0 amide bonds. The summed E-state index contributed by atoms with van der Waals surface area (Å²) >= 11 is 0. The van der Waals surface area contributed by atoms with Crippen LogP contribution in [0.25, 0.3) is 110 Å². The van der Waals surface area contributed by atoms with Crippen LogP contribution in [0.1, 0.15) is 11.1 Å². The Kier molecular flexibility index (Phi) is 6.52. The molecule has 5 nitrogen and oxygen atoms in total. The monoisotopic (exact) mass is 757 g/mol. The minimum atomic E-state index is -4.60. The van der Waals surface area contributed by atoms with E-state index in [-0.39, 0.29) is 0 Å². The maximum Gasteiger partial charge on any atom is 0.416 e. The van der Waals surface area contributed by atoms with Gasteiger partial charge in [-0.1, -0.05) is 84.9 Å². The van der Waals surface area contributed by atoms with Crippen molar-refractivity contribution < 1.29 is 22.0 Å². The number of aromatic nitrogens is 2. The first-order valence-electron chi connectivity index (χ1n) is 18.8. The quantitative estimate of drug-likeness (QED) is 0.180. The van der Waals surface area contributed by atoms with Crippen LogP contribution in [0.3, 0.4) is 0 Å². The Labute approximate surface area is 326 Å². The number of furan rings is 2. The number of nitrogens with zero attached hydrogens (tertiary/aromatic N) is 3. The Morgan fingerprint density at radius 3 is 1.45 bits per heavy atom. The third kappa shape index (κ3) is 4.41. The van der Waals surface area contributed by atoms with Crippen molar-refractivity contribution in [3.05, 3.63) is 169 Å². The van der Waals surface area contributed by atoms with Crippen LogP contribution in [0, 0.1) is 11.3 Å². The normalized spacial score (nSPS) is 12.4. The van der Waals surface area contributed by atoms with Crippen LogP contribution in [0.4, 0.5) is 13.2 Å². The van der Waals surface area contributed by atoms with Gasteiger partial charge in [0.25, 0.3) is 0 Å². The Morgan fingerprint density at radius 1 is 0.466 bits per heavy atom. The lowest BCUT2D eigenvalue weighted by Crippen LogP contribution is -2.07. The predicted molar refractivity (Wildman–Crippen MR) is 225 cm³/mol.